The van der Waals surface area contributed by atoms with Crippen molar-refractivity contribution in [1.82, 2.24) is 14.5 Å². The van der Waals surface area contributed by atoms with Crippen LogP contribution in [0.15, 0.2) is 43.0 Å². The summed E-state index contributed by atoms with van der Waals surface area (Å²) in [5.41, 5.74) is 8.18. The summed E-state index contributed by atoms with van der Waals surface area (Å²) < 4.78 is 7.04. The number of aldehydes is 1. The first-order chi connectivity index (χ1) is 12.2. The van der Waals surface area contributed by atoms with Crippen molar-refractivity contribution in [2.45, 2.75) is 6.10 Å². The molecule has 1 atom stereocenters. The molecule has 1 aliphatic heterocycles. The molecule has 4 rings (SSSR count). The van der Waals surface area contributed by atoms with Gasteiger partial charge in [-0.3, -0.25) is 19.2 Å². The maximum Gasteiger partial charge on any atom is 0.414 e. The van der Waals surface area contributed by atoms with Gasteiger partial charge in [0, 0.05) is 29.9 Å². The lowest BCUT2D eigenvalue weighted by atomic mass is 10.2. The van der Waals surface area contributed by atoms with Crippen LogP contribution < -0.4 is 10.6 Å². The van der Waals surface area contributed by atoms with Gasteiger partial charge in [-0.2, -0.15) is 0 Å². The van der Waals surface area contributed by atoms with Crippen LogP contribution in [0.5, 0.6) is 0 Å². The Morgan fingerprint density at radius 2 is 2.12 bits per heavy atom. The molecule has 0 spiro atoms. The molecule has 0 aromatic carbocycles. The molecule has 1 amide bonds. The summed E-state index contributed by atoms with van der Waals surface area (Å²) in [6.45, 7) is 0.675. The summed E-state index contributed by atoms with van der Waals surface area (Å²) in [7, 11) is 0. The Bertz CT molecular complexity index is 968. The van der Waals surface area contributed by atoms with E-state index in [0.717, 1.165) is 17.4 Å². The highest BCUT2D eigenvalue weighted by atomic mass is 16.6. The maximum atomic E-state index is 12.0. The van der Waals surface area contributed by atoms with E-state index in [-0.39, 0.29) is 12.6 Å². The predicted molar refractivity (Wildman–Crippen MR) is 90.9 cm³/mol. The van der Waals surface area contributed by atoms with Gasteiger partial charge in [0.2, 0.25) is 0 Å². The minimum Gasteiger partial charge on any atom is -0.443 e. The number of carbonyl (C=O) groups excluding carboxylic acids is 2. The molecule has 3 aromatic heterocycles. The third kappa shape index (κ3) is 2.62. The van der Waals surface area contributed by atoms with Crippen molar-refractivity contribution >= 4 is 29.1 Å². The Kier molecular flexibility index (Phi) is 3.66. The molecule has 8 heteroatoms. The highest BCUT2D eigenvalue weighted by Crippen LogP contribution is 2.25. The highest BCUT2D eigenvalue weighted by Gasteiger charge is 2.31. The summed E-state index contributed by atoms with van der Waals surface area (Å²) >= 11 is 0. The van der Waals surface area contributed by atoms with E-state index in [2.05, 4.69) is 9.97 Å². The molecular formula is C17H15N5O3. The van der Waals surface area contributed by atoms with Crippen molar-refractivity contribution in [2.75, 3.05) is 18.0 Å². The largest absolute Gasteiger partial charge is 0.443 e. The van der Waals surface area contributed by atoms with Crippen molar-refractivity contribution in [3.05, 3.63) is 48.5 Å². The topological polar surface area (TPSA) is 103 Å². The number of nitrogens with two attached hydrogens (primary N) is 1. The first kappa shape index (κ1) is 15.3. The lowest BCUT2D eigenvalue weighted by Gasteiger charge is -2.14. The Morgan fingerprint density at radius 1 is 1.28 bits per heavy atom. The first-order valence-corrected chi connectivity index (χ1v) is 7.75. The van der Waals surface area contributed by atoms with Crippen LogP contribution in [-0.4, -0.2) is 46.1 Å². The minimum absolute atomic E-state index is 0.278. The Morgan fingerprint density at radius 3 is 2.88 bits per heavy atom. The molecule has 0 saturated carbocycles. The standard InChI is InChI=1S/C17H15N5O3/c18-5-15-9-22(17(24)25-15)14-4-13(7-19-8-14)21-2-1-12-3-11(10-23)6-20-16(12)21/h1-4,6-8,10,15H,5,9,18H2. The lowest BCUT2D eigenvalue weighted by Crippen LogP contribution is -2.27. The molecule has 126 valence electrons. The van der Waals surface area contributed by atoms with Gasteiger partial charge in [-0.25, -0.2) is 9.78 Å². The molecule has 4 heterocycles. The molecule has 3 aromatic rings. The number of hydrogen-bond acceptors (Lipinski definition) is 6. The second-order valence-electron chi connectivity index (χ2n) is 5.74. The lowest BCUT2D eigenvalue weighted by molar-refractivity contribution is 0.112. The maximum absolute atomic E-state index is 12.0. The molecule has 1 fully saturated rings. The Hall–Kier alpha value is -3.26. The Balaban J connectivity index is 1.73. The van der Waals surface area contributed by atoms with Gasteiger partial charge in [-0.15, -0.1) is 0 Å². The smallest absolute Gasteiger partial charge is 0.414 e. The fourth-order valence-corrected chi connectivity index (χ4v) is 2.86. The predicted octanol–water partition coefficient (Wildman–Crippen LogP) is 1.52. The second-order valence-corrected chi connectivity index (χ2v) is 5.74. The van der Waals surface area contributed by atoms with E-state index in [4.69, 9.17) is 10.5 Å². The van der Waals surface area contributed by atoms with Crippen LogP contribution >= 0.6 is 0 Å². The number of nitrogens with zero attached hydrogens (tertiary/aromatic N) is 4. The van der Waals surface area contributed by atoms with E-state index in [0.29, 0.717) is 23.4 Å². The van der Waals surface area contributed by atoms with E-state index in [9.17, 15) is 9.59 Å². The third-order valence-corrected chi connectivity index (χ3v) is 4.12. The van der Waals surface area contributed by atoms with Crippen LogP contribution in [-0.2, 0) is 4.74 Å². The summed E-state index contributed by atoms with van der Waals surface area (Å²) in [6.07, 6.45) is 6.67. The number of pyridine rings is 2. The second kappa shape index (κ2) is 5.99. The molecule has 0 aliphatic carbocycles. The average molecular weight is 337 g/mol. The number of aromatic nitrogens is 3. The normalized spacial score (nSPS) is 17.1. The Labute approximate surface area is 142 Å². The van der Waals surface area contributed by atoms with Crippen molar-refractivity contribution in [2.24, 2.45) is 5.73 Å². The molecule has 2 N–H and O–H groups in total. The van der Waals surface area contributed by atoms with E-state index in [1.165, 1.54) is 11.1 Å². The number of fused-ring (bicyclic) bond motifs is 1. The van der Waals surface area contributed by atoms with Gasteiger partial charge in [0.15, 0.2) is 6.29 Å². The van der Waals surface area contributed by atoms with Crippen LogP contribution in [0, 0.1) is 0 Å². The average Bonchev–Trinajstić information content (AvgIpc) is 3.24. The summed E-state index contributed by atoms with van der Waals surface area (Å²) in [4.78, 5) is 33.0. The first-order valence-electron chi connectivity index (χ1n) is 7.75. The molecule has 1 aliphatic rings. The zero-order valence-corrected chi connectivity index (χ0v) is 13.2. The molecule has 1 unspecified atom stereocenters. The van der Waals surface area contributed by atoms with Gasteiger partial charge in [0.25, 0.3) is 0 Å². The number of ether oxygens (including phenoxy) is 1. The zero-order chi connectivity index (χ0) is 17.4. The molecule has 8 nitrogen and oxygen atoms in total. The van der Waals surface area contributed by atoms with Crippen LogP contribution in [0.4, 0.5) is 10.5 Å². The number of hydrogen-bond donors (Lipinski definition) is 1. The third-order valence-electron chi connectivity index (χ3n) is 4.12. The fraction of sp³-hybridized carbons (Fsp3) is 0.176. The van der Waals surface area contributed by atoms with Gasteiger partial charge < -0.3 is 10.5 Å². The monoisotopic (exact) mass is 337 g/mol. The van der Waals surface area contributed by atoms with Gasteiger partial charge in [-0.1, -0.05) is 0 Å². The summed E-state index contributed by atoms with van der Waals surface area (Å²) in [6, 6.07) is 5.48. The van der Waals surface area contributed by atoms with Gasteiger partial charge >= 0.3 is 6.09 Å². The molecular weight excluding hydrogens is 322 g/mol. The van der Waals surface area contributed by atoms with Crippen LogP contribution in [0.3, 0.4) is 0 Å². The number of amides is 1. The van der Waals surface area contributed by atoms with Crippen molar-refractivity contribution < 1.29 is 14.3 Å². The van der Waals surface area contributed by atoms with Crippen molar-refractivity contribution in [1.29, 1.82) is 0 Å². The molecule has 25 heavy (non-hydrogen) atoms. The van der Waals surface area contributed by atoms with E-state index < -0.39 is 6.09 Å². The SMILES string of the molecule is NCC1CN(c2cncc(-n3ccc4cc(C=O)cnc43)c2)C(=O)O1. The molecule has 1 saturated heterocycles. The molecule has 0 bridgehead atoms. The van der Waals surface area contributed by atoms with Gasteiger partial charge in [0.05, 0.1) is 30.3 Å². The van der Waals surface area contributed by atoms with Crippen LogP contribution in [0.25, 0.3) is 16.7 Å². The van der Waals surface area contributed by atoms with Crippen LogP contribution in [0.2, 0.25) is 0 Å². The number of anilines is 1. The number of rotatable bonds is 4. The fourth-order valence-electron chi connectivity index (χ4n) is 2.86. The number of carbonyl (C=O) groups is 2. The van der Waals surface area contributed by atoms with Crippen LogP contribution in [0.1, 0.15) is 10.4 Å². The van der Waals surface area contributed by atoms with Crippen molar-refractivity contribution in [3.8, 4) is 5.69 Å². The zero-order valence-electron chi connectivity index (χ0n) is 13.2. The summed E-state index contributed by atoms with van der Waals surface area (Å²) in [5, 5.41) is 0.846. The van der Waals surface area contributed by atoms with Gasteiger partial charge in [0.1, 0.15) is 11.8 Å². The van der Waals surface area contributed by atoms with E-state index in [1.807, 2.05) is 22.9 Å². The molecule has 0 radical (unpaired) electrons. The summed E-state index contributed by atoms with van der Waals surface area (Å²) in [5.74, 6) is 0. The van der Waals surface area contributed by atoms with E-state index in [1.54, 1.807) is 18.5 Å². The highest BCUT2D eigenvalue weighted by molar-refractivity contribution is 5.90. The minimum atomic E-state index is -0.430. The quantitative estimate of drug-likeness (QED) is 0.724. The van der Waals surface area contributed by atoms with Gasteiger partial charge in [-0.05, 0) is 18.2 Å². The van der Waals surface area contributed by atoms with E-state index >= 15 is 0 Å². The van der Waals surface area contributed by atoms with Crippen molar-refractivity contribution in [3.63, 3.8) is 0 Å². The number of cyclic esters (lactones) is 1.